The summed E-state index contributed by atoms with van der Waals surface area (Å²) in [4.78, 5) is 12.5. The molecule has 0 aliphatic carbocycles. The van der Waals surface area contributed by atoms with Crippen LogP contribution >= 0.6 is 43.5 Å². The molecule has 0 radical (unpaired) electrons. The second-order valence-electron chi connectivity index (χ2n) is 6.58. The third kappa shape index (κ3) is 6.36. The molecule has 0 aromatic heterocycles. The highest BCUT2D eigenvalue weighted by molar-refractivity contribution is 9.10. The van der Waals surface area contributed by atoms with E-state index in [1.54, 1.807) is 36.4 Å². The topological polar surface area (TPSA) is 71.3 Å². The van der Waals surface area contributed by atoms with E-state index in [0.717, 1.165) is 14.5 Å². The number of methoxy groups -OCH3 is 1. The first kappa shape index (κ1) is 23.9. The summed E-state index contributed by atoms with van der Waals surface area (Å²) >= 11 is 13.2. The fourth-order valence-corrected chi connectivity index (χ4v) is 3.55. The lowest BCUT2D eigenvalue weighted by Crippen LogP contribution is -2.13. The maximum absolute atomic E-state index is 12.5. The molecule has 0 unspecified atom stereocenters. The van der Waals surface area contributed by atoms with Crippen LogP contribution in [0.2, 0.25) is 5.02 Å². The molecule has 162 valence electrons. The van der Waals surface area contributed by atoms with Gasteiger partial charge in [0.2, 0.25) is 0 Å². The number of nitrogens with one attached hydrogen (secondary N) is 1. The number of carbonyl (C=O) groups excluding carboxylic acids is 1. The fraction of sp³-hybridized carbons (Fsp3) is 0.0833. The van der Waals surface area contributed by atoms with Crippen LogP contribution in [0.5, 0.6) is 11.5 Å². The number of ether oxygens (including phenoxy) is 2. The van der Waals surface area contributed by atoms with E-state index < -0.39 is 5.91 Å². The van der Waals surface area contributed by atoms with Crippen LogP contribution in [0.3, 0.4) is 0 Å². The van der Waals surface area contributed by atoms with Crippen molar-refractivity contribution < 1.29 is 14.3 Å². The lowest BCUT2D eigenvalue weighted by molar-refractivity contribution is -0.112. The normalized spacial score (nSPS) is 10.9. The summed E-state index contributed by atoms with van der Waals surface area (Å²) in [6.07, 6.45) is 1.45. The average molecular weight is 577 g/mol. The first-order valence-electron chi connectivity index (χ1n) is 9.33. The zero-order chi connectivity index (χ0) is 23.1. The minimum atomic E-state index is -0.527. The molecule has 1 amide bonds. The molecule has 0 aliphatic rings. The highest BCUT2D eigenvalue weighted by atomic mass is 79.9. The number of carbonyl (C=O) groups is 1. The minimum absolute atomic E-state index is 0.0745. The van der Waals surface area contributed by atoms with Crippen molar-refractivity contribution in [1.82, 2.24) is 0 Å². The van der Waals surface area contributed by atoms with Gasteiger partial charge in [-0.1, -0.05) is 55.6 Å². The molecule has 5 nitrogen and oxygen atoms in total. The van der Waals surface area contributed by atoms with E-state index >= 15 is 0 Å². The molecule has 0 bridgehead atoms. The van der Waals surface area contributed by atoms with E-state index in [2.05, 4.69) is 37.2 Å². The Labute approximate surface area is 207 Å². The number of anilines is 1. The third-order valence-electron chi connectivity index (χ3n) is 4.33. The molecule has 0 spiro atoms. The van der Waals surface area contributed by atoms with Crippen molar-refractivity contribution in [3.05, 3.63) is 91.3 Å². The zero-order valence-electron chi connectivity index (χ0n) is 16.9. The number of amides is 1. The summed E-state index contributed by atoms with van der Waals surface area (Å²) in [5.74, 6) is 0.249. The molecule has 3 rings (SSSR count). The summed E-state index contributed by atoms with van der Waals surface area (Å²) in [6.45, 7) is 0.303. The molecule has 8 heteroatoms. The third-order valence-corrected chi connectivity index (χ3v) is 5.66. The Balaban J connectivity index is 1.80. The first-order chi connectivity index (χ1) is 15.4. The summed E-state index contributed by atoms with van der Waals surface area (Å²) < 4.78 is 13.2. The molecule has 0 saturated heterocycles. The van der Waals surface area contributed by atoms with E-state index in [1.165, 1.54) is 13.2 Å². The van der Waals surface area contributed by atoms with E-state index in [1.807, 2.05) is 30.3 Å². The van der Waals surface area contributed by atoms with Gasteiger partial charge >= 0.3 is 0 Å². The van der Waals surface area contributed by atoms with Crippen LogP contribution in [0.15, 0.2) is 75.2 Å². The highest BCUT2D eigenvalue weighted by Crippen LogP contribution is 2.37. The summed E-state index contributed by atoms with van der Waals surface area (Å²) in [5.41, 5.74) is 2.00. The van der Waals surface area contributed by atoms with Crippen LogP contribution in [0.25, 0.3) is 6.08 Å². The number of nitriles is 1. The predicted molar refractivity (Wildman–Crippen MR) is 133 cm³/mol. The first-order valence-corrected chi connectivity index (χ1v) is 11.3. The van der Waals surface area contributed by atoms with Crippen molar-refractivity contribution in [2.75, 3.05) is 12.4 Å². The Kier molecular flexibility index (Phi) is 8.34. The van der Waals surface area contributed by atoms with Crippen molar-refractivity contribution in [2.45, 2.75) is 6.61 Å². The van der Waals surface area contributed by atoms with Gasteiger partial charge in [0, 0.05) is 14.6 Å². The van der Waals surface area contributed by atoms with Gasteiger partial charge < -0.3 is 14.8 Å². The molecule has 1 N–H and O–H groups in total. The van der Waals surface area contributed by atoms with E-state index in [-0.39, 0.29) is 5.57 Å². The quantitative estimate of drug-likeness (QED) is 0.243. The maximum Gasteiger partial charge on any atom is 0.266 e. The van der Waals surface area contributed by atoms with Crippen LogP contribution in [-0.2, 0) is 11.4 Å². The molecule has 0 atom stereocenters. The lowest BCUT2D eigenvalue weighted by atomic mass is 10.1. The van der Waals surface area contributed by atoms with Crippen LogP contribution in [-0.4, -0.2) is 13.0 Å². The Bertz CT molecular complexity index is 1190. The van der Waals surface area contributed by atoms with Gasteiger partial charge in [0.15, 0.2) is 11.5 Å². The fourth-order valence-electron chi connectivity index (χ4n) is 2.75. The number of hydrogen-bond acceptors (Lipinski definition) is 4. The van der Waals surface area contributed by atoms with Gasteiger partial charge in [-0.2, -0.15) is 5.26 Å². The molecular weight excluding hydrogens is 560 g/mol. The van der Waals surface area contributed by atoms with Gasteiger partial charge in [-0.05, 0) is 65.7 Å². The van der Waals surface area contributed by atoms with Gasteiger partial charge in [0.05, 0.1) is 12.1 Å². The number of benzene rings is 3. The Hall–Kier alpha value is -2.79. The van der Waals surface area contributed by atoms with Crippen molar-refractivity contribution in [2.24, 2.45) is 0 Å². The molecule has 3 aromatic rings. The van der Waals surface area contributed by atoms with E-state index in [9.17, 15) is 10.1 Å². The number of rotatable bonds is 7. The highest BCUT2D eigenvalue weighted by Gasteiger charge is 2.14. The monoisotopic (exact) mass is 574 g/mol. The van der Waals surface area contributed by atoms with Gasteiger partial charge in [0.1, 0.15) is 18.2 Å². The maximum atomic E-state index is 12.5. The number of halogens is 3. The van der Waals surface area contributed by atoms with Gasteiger partial charge in [-0.3, -0.25) is 4.79 Å². The standard InChI is InChI=1S/C24H17Br2ClN2O3/c1-31-22-12-16(10-17(13-28)24(30)29-20-8-6-19(26)7-9-20)11-21(27)23(22)32-14-15-2-4-18(25)5-3-15/h2-12H,14H2,1H3,(H,29,30)/b17-10-. The average Bonchev–Trinajstić information content (AvgIpc) is 2.79. The molecule has 0 aliphatic heterocycles. The van der Waals surface area contributed by atoms with Crippen molar-refractivity contribution in [3.8, 4) is 17.6 Å². The number of nitrogens with zero attached hydrogens (tertiary/aromatic N) is 1. The molecule has 0 heterocycles. The van der Waals surface area contributed by atoms with Crippen LogP contribution in [0, 0.1) is 11.3 Å². The Morgan fingerprint density at radius 1 is 1.09 bits per heavy atom. The summed E-state index contributed by atoms with van der Waals surface area (Å²) in [6, 6.07) is 20.0. The van der Waals surface area contributed by atoms with Gasteiger partial charge in [0.25, 0.3) is 5.91 Å². The number of hydrogen-bond donors (Lipinski definition) is 1. The van der Waals surface area contributed by atoms with Crippen LogP contribution < -0.4 is 14.8 Å². The second-order valence-corrected chi connectivity index (χ2v) is 8.82. The zero-order valence-corrected chi connectivity index (χ0v) is 20.8. The predicted octanol–water partition coefficient (Wildman–Crippen LogP) is 7.00. The van der Waals surface area contributed by atoms with E-state index in [4.69, 9.17) is 21.1 Å². The summed E-state index contributed by atoms with van der Waals surface area (Å²) in [7, 11) is 1.50. The van der Waals surface area contributed by atoms with Crippen molar-refractivity contribution in [3.63, 3.8) is 0 Å². The largest absolute Gasteiger partial charge is 0.493 e. The van der Waals surface area contributed by atoms with Crippen LogP contribution in [0.4, 0.5) is 5.69 Å². The minimum Gasteiger partial charge on any atom is -0.493 e. The van der Waals surface area contributed by atoms with Crippen molar-refractivity contribution in [1.29, 1.82) is 5.26 Å². The molecular formula is C24H17Br2ClN2O3. The smallest absolute Gasteiger partial charge is 0.266 e. The molecule has 0 fully saturated rings. The Morgan fingerprint density at radius 3 is 2.31 bits per heavy atom. The molecule has 32 heavy (non-hydrogen) atoms. The lowest BCUT2D eigenvalue weighted by Gasteiger charge is -2.14. The second kappa shape index (κ2) is 11.2. The van der Waals surface area contributed by atoms with Crippen molar-refractivity contribution >= 4 is 61.1 Å². The summed E-state index contributed by atoms with van der Waals surface area (Å²) in [5, 5.41) is 12.5. The van der Waals surface area contributed by atoms with E-state index in [0.29, 0.717) is 34.4 Å². The van der Waals surface area contributed by atoms with Gasteiger partial charge in [-0.25, -0.2) is 0 Å². The van der Waals surface area contributed by atoms with Crippen LogP contribution in [0.1, 0.15) is 11.1 Å². The van der Waals surface area contributed by atoms with Gasteiger partial charge in [-0.15, -0.1) is 0 Å². The molecule has 0 saturated carbocycles. The Morgan fingerprint density at radius 2 is 1.72 bits per heavy atom. The molecule has 3 aromatic carbocycles. The SMILES string of the molecule is COc1cc(/C=C(/C#N)C(=O)Nc2ccc(Br)cc2)cc(Cl)c1OCc1ccc(Br)cc1.